The van der Waals surface area contributed by atoms with Gasteiger partial charge in [-0.05, 0) is 43.2 Å². The lowest BCUT2D eigenvalue weighted by atomic mass is 10.1. The summed E-state index contributed by atoms with van der Waals surface area (Å²) in [6, 6.07) is 15.9. The van der Waals surface area contributed by atoms with Gasteiger partial charge < -0.3 is 25.4 Å². The van der Waals surface area contributed by atoms with E-state index in [9.17, 15) is 9.59 Å². The molecule has 0 radical (unpaired) electrons. The number of benzene rings is 2. The summed E-state index contributed by atoms with van der Waals surface area (Å²) in [6.45, 7) is 1.26. The summed E-state index contributed by atoms with van der Waals surface area (Å²) in [4.78, 5) is 27.1. The van der Waals surface area contributed by atoms with Gasteiger partial charge in [0.25, 0.3) is 5.91 Å². The van der Waals surface area contributed by atoms with Crippen molar-refractivity contribution in [3.63, 3.8) is 0 Å². The van der Waals surface area contributed by atoms with E-state index in [4.69, 9.17) is 15.2 Å². The first-order valence-corrected chi connectivity index (χ1v) is 10.4. The smallest absolute Gasteiger partial charge is 0.251 e. The topological polar surface area (TPSA) is 93.9 Å². The van der Waals surface area contributed by atoms with Gasteiger partial charge in [0, 0.05) is 18.5 Å². The number of carbonyl (C=O) groups excluding carboxylic acids is 2. The third-order valence-corrected chi connectivity index (χ3v) is 5.54. The van der Waals surface area contributed by atoms with Gasteiger partial charge in [0.05, 0.1) is 18.6 Å². The molecule has 7 heteroatoms. The zero-order valence-corrected chi connectivity index (χ0v) is 16.8. The lowest BCUT2D eigenvalue weighted by Crippen LogP contribution is -2.48. The Bertz CT molecular complexity index is 889. The van der Waals surface area contributed by atoms with Crippen LogP contribution in [0.5, 0.6) is 11.5 Å². The fraction of sp³-hybridized carbons (Fsp3) is 0.391. The molecule has 0 aromatic heterocycles. The van der Waals surface area contributed by atoms with Crippen molar-refractivity contribution in [2.75, 3.05) is 19.7 Å². The van der Waals surface area contributed by atoms with Gasteiger partial charge in [-0.2, -0.15) is 0 Å². The first-order valence-electron chi connectivity index (χ1n) is 10.4. The minimum atomic E-state index is -0.611. The molecule has 2 heterocycles. The molecular formula is C23H27N3O4. The SMILES string of the molecule is N[C@H]1CCCNC(=O)c2cccc(c2)OC[C@@H]2C[C@H](Oc3ccccc3)CN2C1=O. The van der Waals surface area contributed by atoms with Gasteiger partial charge in [-0.1, -0.05) is 24.3 Å². The maximum atomic E-state index is 13.0. The van der Waals surface area contributed by atoms with Crippen LogP contribution in [0, 0.1) is 0 Å². The maximum absolute atomic E-state index is 13.0. The molecule has 3 atom stereocenters. The van der Waals surface area contributed by atoms with Gasteiger partial charge in [0.15, 0.2) is 0 Å². The van der Waals surface area contributed by atoms with Crippen molar-refractivity contribution in [3.8, 4) is 11.5 Å². The minimum absolute atomic E-state index is 0.0973. The lowest BCUT2D eigenvalue weighted by molar-refractivity contribution is -0.134. The van der Waals surface area contributed by atoms with Crippen molar-refractivity contribution in [3.05, 3.63) is 60.2 Å². The molecule has 0 unspecified atom stereocenters. The van der Waals surface area contributed by atoms with Crippen molar-refractivity contribution >= 4 is 11.8 Å². The fourth-order valence-corrected chi connectivity index (χ4v) is 3.96. The van der Waals surface area contributed by atoms with E-state index in [1.807, 2.05) is 36.4 Å². The Morgan fingerprint density at radius 3 is 2.77 bits per heavy atom. The van der Waals surface area contributed by atoms with Crippen LogP contribution in [0.4, 0.5) is 0 Å². The molecule has 4 rings (SSSR count). The molecule has 2 aliphatic heterocycles. The molecule has 0 saturated carbocycles. The number of ether oxygens (including phenoxy) is 2. The molecule has 30 heavy (non-hydrogen) atoms. The van der Waals surface area contributed by atoms with Crippen molar-refractivity contribution < 1.29 is 19.1 Å². The van der Waals surface area contributed by atoms with Crippen LogP contribution in [0.25, 0.3) is 0 Å². The number of para-hydroxylation sites is 1. The van der Waals surface area contributed by atoms with Crippen LogP contribution >= 0.6 is 0 Å². The number of amides is 2. The third-order valence-electron chi connectivity index (χ3n) is 5.54. The van der Waals surface area contributed by atoms with Gasteiger partial charge in [0.1, 0.15) is 24.2 Å². The van der Waals surface area contributed by atoms with E-state index in [-0.39, 0.29) is 24.0 Å². The average molecular weight is 409 g/mol. The molecule has 2 aliphatic rings. The van der Waals surface area contributed by atoms with Gasteiger partial charge in [0.2, 0.25) is 5.91 Å². The Kier molecular flexibility index (Phi) is 6.18. The number of nitrogens with one attached hydrogen (secondary N) is 1. The van der Waals surface area contributed by atoms with E-state index in [0.29, 0.717) is 50.3 Å². The number of fused-ring (bicyclic) bond motifs is 3. The molecular weight excluding hydrogens is 382 g/mol. The molecule has 2 amide bonds. The highest BCUT2D eigenvalue weighted by Crippen LogP contribution is 2.25. The largest absolute Gasteiger partial charge is 0.491 e. The van der Waals surface area contributed by atoms with E-state index in [1.54, 1.807) is 23.1 Å². The first kappa shape index (κ1) is 20.2. The van der Waals surface area contributed by atoms with Crippen LogP contribution in [0.2, 0.25) is 0 Å². The number of carbonyl (C=O) groups is 2. The van der Waals surface area contributed by atoms with Crippen LogP contribution in [0.3, 0.4) is 0 Å². The Morgan fingerprint density at radius 1 is 1.10 bits per heavy atom. The molecule has 7 nitrogen and oxygen atoms in total. The second kappa shape index (κ2) is 9.17. The quantitative estimate of drug-likeness (QED) is 0.791. The number of nitrogens with two attached hydrogens (primary N) is 1. The van der Waals surface area contributed by atoms with Gasteiger partial charge in [-0.25, -0.2) is 0 Å². The van der Waals surface area contributed by atoms with Crippen molar-refractivity contribution in [1.82, 2.24) is 10.2 Å². The first-order chi connectivity index (χ1) is 14.6. The summed E-state index contributed by atoms with van der Waals surface area (Å²) in [5.41, 5.74) is 6.74. The van der Waals surface area contributed by atoms with Crippen LogP contribution < -0.4 is 20.5 Å². The molecule has 2 bridgehead atoms. The summed E-state index contributed by atoms with van der Waals surface area (Å²) in [6.07, 6.45) is 1.68. The third kappa shape index (κ3) is 4.74. The number of nitrogens with zero attached hydrogens (tertiary/aromatic N) is 1. The molecule has 0 aliphatic carbocycles. The number of hydrogen-bond acceptors (Lipinski definition) is 5. The zero-order valence-electron chi connectivity index (χ0n) is 16.8. The van der Waals surface area contributed by atoms with Gasteiger partial charge in [-0.15, -0.1) is 0 Å². The predicted molar refractivity (Wildman–Crippen MR) is 112 cm³/mol. The monoisotopic (exact) mass is 409 g/mol. The highest BCUT2D eigenvalue weighted by Gasteiger charge is 2.38. The minimum Gasteiger partial charge on any atom is -0.491 e. The molecule has 1 fully saturated rings. The van der Waals surface area contributed by atoms with Crippen molar-refractivity contribution in [1.29, 1.82) is 0 Å². The van der Waals surface area contributed by atoms with E-state index >= 15 is 0 Å². The summed E-state index contributed by atoms with van der Waals surface area (Å²) in [5, 5.41) is 2.87. The Morgan fingerprint density at radius 2 is 1.93 bits per heavy atom. The molecule has 3 N–H and O–H groups in total. The van der Waals surface area contributed by atoms with Crippen LogP contribution in [-0.4, -0.2) is 54.6 Å². The summed E-state index contributed by atoms with van der Waals surface area (Å²) in [5.74, 6) is 1.13. The van der Waals surface area contributed by atoms with Gasteiger partial charge >= 0.3 is 0 Å². The predicted octanol–water partition coefficient (Wildman–Crippen LogP) is 1.96. The Balaban J connectivity index is 1.53. The fourth-order valence-electron chi connectivity index (χ4n) is 3.96. The average Bonchev–Trinajstić information content (AvgIpc) is 3.17. The van der Waals surface area contributed by atoms with E-state index in [2.05, 4.69) is 5.32 Å². The van der Waals surface area contributed by atoms with Crippen LogP contribution in [-0.2, 0) is 4.79 Å². The molecule has 158 valence electrons. The summed E-state index contributed by atoms with van der Waals surface area (Å²) >= 11 is 0. The second-order valence-corrected chi connectivity index (χ2v) is 7.78. The standard InChI is InChI=1S/C23H27N3O4/c24-21-10-5-11-25-22(27)16-6-4-9-19(12-16)29-15-17-13-20(14-26(17)23(21)28)30-18-7-2-1-3-8-18/h1-4,6-9,12,17,20-21H,5,10-11,13-15,24H2,(H,25,27)/t17-,20-,21-/m0/s1. The van der Waals surface area contributed by atoms with Gasteiger partial charge in [-0.3, -0.25) is 9.59 Å². The molecule has 0 spiro atoms. The van der Waals surface area contributed by atoms with E-state index in [0.717, 1.165) is 5.75 Å². The van der Waals surface area contributed by atoms with Crippen molar-refractivity contribution in [2.45, 2.75) is 37.5 Å². The van der Waals surface area contributed by atoms with Crippen LogP contribution in [0.1, 0.15) is 29.6 Å². The highest BCUT2D eigenvalue weighted by molar-refractivity contribution is 5.94. The molecule has 2 aromatic rings. The highest BCUT2D eigenvalue weighted by atomic mass is 16.5. The lowest BCUT2D eigenvalue weighted by Gasteiger charge is -2.27. The maximum Gasteiger partial charge on any atom is 0.251 e. The molecule has 2 aromatic carbocycles. The zero-order chi connectivity index (χ0) is 20.9. The van der Waals surface area contributed by atoms with Crippen molar-refractivity contribution in [2.24, 2.45) is 5.73 Å². The van der Waals surface area contributed by atoms with E-state index in [1.165, 1.54) is 0 Å². The van der Waals surface area contributed by atoms with E-state index < -0.39 is 6.04 Å². The Hall–Kier alpha value is -3.06. The second-order valence-electron chi connectivity index (χ2n) is 7.78. The number of hydrogen-bond donors (Lipinski definition) is 2. The summed E-state index contributed by atoms with van der Waals surface area (Å²) in [7, 11) is 0. The molecule has 1 saturated heterocycles. The summed E-state index contributed by atoms with van der Waals surface area (Å²) < 4.78 is 12.1. The van der Waals surface area contributed by atoms with Crippen LogP contribution in [0.15, 0.2) is 54.6 Å². The normalized spacial score (nSPS) is 25.0. The Labute approximate surface area is 176 Å². The number of rotatable bonds is 2.